The number of Topliss-reactive ketones (excluding diaryl/α,β-unsaturated/α-hetero) is 1. The van der Waals surface area contributed by atoms with Gasteiger partial charge in [-0.1, -0.05) is 61.9 Å². The van der Waals surface area contributed by atoms with E-state index in [1.54, 1.807) is 13.0 Å². The minimum Gasteiger partial charge on any atom is -0.494 e. The van der Waals surface area contributed by atoms with Crippen LogP contribution < -0.4 is 9.47 Å². The molecule has 1 N–H and O–H groups in total. The topological polar surface area (TPSA) is 77.8 Å². The lowest BCUT2D eigenvalue weighted by Crippen LogP contribution is -2.05. The van der Waals surface area contributed by atoms with Crippen LogP contribution in [0.15, 0.2) is 72.9 Å². The van der Waals surface area contributed by atoms with Crippen LogP contribution >= 0.6 is 0 Å². The predicted molar refractivity (Wildman–Crippen MR) is 160 cm³/mol. The normalized spacial score (nSPS) is 11.2. The van der Waals surface area contributed by atoms with Crippen molar-refractivity contribution in [3.8, 4) is 11.5 Å². The molecule has 0 saturated carbocycles. The molecule has 3 aromatic carbocycles. The van der Waals surface area contributed by atoms with Gasteiger partial charge in [0.2, 0.25) is 0 Å². The standard InChI is InChI=1S/C34H37NO5/c1-3-4-20-35-24-28(23-33(37)38)34-27(10-9-12-31(34)35)17-14-26-15-18-29(19-16-26)39-21-7-8-22-40-32-13-6-5-11-30(32)25(2)36/h5-6,9-19,24H,3-4,7-8,20-23H2,1-2H3,(H,37,38)/b17-14+. The van der Waals surface area contributed by atoms with Crippen LogP contribution in [0.25, 0.3) is 23.1 Å². The highest BCUT2D eigenvalue weighted by atomic mass is 16.5. The second-order valence-electron chi connectivity index (χ2n) is 9.87. The molecule has 0 fully saturated rings. The average molecular weight is 540 g/mol. The van der Waals surface area contributed by atoms with Crippen LogP contribution in [0.3, 0.4) is 0 Å². The molecule has 6 nitrogen and oxygen atoms in total. The third-order valence-corrected chi connectivity index (χ3v) is 6.78. The quantitative estimate of drug-likeness (QED) is 0.0952. The van der Waals surface area contributed by atoms with Gasteiger partial charge in [0.05, 0.1) is 25.2 Å². The lowest BCUT2D eigenvalue weighted by Gasteiger charge is -2.10. The summed E-state index contributed by atoms with van der Waals surface area (Å²) in [6.07, 6.45) is 9.89. The number of hydrogen-bond acceptors (Lipinski definition) is 4. The summed E-state index contributed by atoms with van der Waals surface area (Å²) in [7, 11) is 0. The number of carbonyl (C=O) groups excluding carboxylic acids is 1. The molecule has 0 amide bonds. The van der Waals surface area contributed by atoms with Crippen LogP contribution in [0.2, 0.25) is 0 Å². The number of rotatable bonds is 15. The van der Waals surface area contributed by atoms with E-state index in [1.807, 2.05) is 66.9 Å². The fourth-order valence-corrected chi connectivity index (χ4v) is 4.74. The van der Waals surface area contributed by atoms with Gasteiger partial charge in [-0.05, 0) is 73.2 Å². The second kappa shape index (κ2) is 14.2. The number of benzene rings is 3. The van der Waals surface area contributed by atoms with Gasteiger partial charge in [0, 0.05) is 23.6 Å². The van der Waals surface area contributed by atoms with Crippen molar-refractivity contribution in [3.63, 3.8) is 0 Å². The van der Waals surface area contributed by atoms with Crippen molar-refractivity contribution < 1.29 is 24.2 Å². The zero-order valence-electron chi connectivity index (χ0n) is 23.3. The molecule has 0 bridgehead atoms. The van der Waals surface area contributed by atoms with Crippen LogP contribution in [0.4, 0.5) is 0 Å². The SMILES string of the molecule is CCCCn1cc(CC(=O)O)c2c(/C=C/c3ccc(OCCCCOc4ccccc4C(C)=O)cc3)cccc21. The Bertz CT molecular complexity index is 1470. The highest BCUT2D eigenvalue weighted by molar-refractivity contribution is 5.97. The smallest absolute Gasteiger partial charge is 0.307 e. The summed E-state index contributed by atoms with van der Waals surface area (Å²) in [5, 5.41) is 10.5. The zero-order chi connectivity index (χ0) is 28.3. The molecule has 208 valence electrons. The summed E-state index contributed by atoms with van der Waals surface area (Å²) in [6, 6.07) is 21.4. The monoisotopic (exact) mass is 539 g/mol. The van der Waals surface area contributed by atoms with E-state index >= 15 is 0 Å². The van der Waals surface area contributed by atoms with Gasteiger partial charge in [-0.3, -0.25) is 9.59 Å². The lowest BCUT2D eigenvalue weighted by molar-refractivity contribution is -0.136. The van der Waals surface area contributed by atoms with Crippen molar-refractivity contribution in [3.05, 3.63) is 95.2 Å². The lowest BCUT2D eigenvalue weighted by atomic mass is 10.0. The molecular formula is C34H37NO5. The summed E-state index contributed by atoms with van der Waals surface area (Å²) in [5.41, 5.74) is 4.57. The van der Waals surface area contributed by atoms with Crippen molar-refractivity contribution >= 4 is 34.8 Å². The molecular weight excluding hydrogens is 502 g/mol. The molecule has 0 aliphatic heterocycles. The molecule has 0 saturated heterocycles. The van der Waals surface area contributed by atoms with Crippen molar-refractivity contribution in [2.24, 2.45) is 0 Å². The van der Waals surface area contributed by atoms with Gasteiger partial charge in [-0.2, -0.15) is 0 Å². The van der Waals surface area contributed by atoms with E-state index in [0.29, 0.717) is 24.5 Å². The number of aliphatic carboxylic acids is 1. The van der Waals surface area contributed by atoms with Crippen molar-refractivity contribution in [2.45, 2.75) is 52.5 Å². The van der Waals surface area contributed by atoms with Crippen molar-refractivity contribution in [1.82, 2.24) is 4.57 Å². The van der Waals surface area contributed by atoms with Crippen LogP contribution in [0, 0.1) is 0 Å². The Morgan fingerprint density at radius 1 is 0.875 bits per heavy atom. The number of fused-ring (bicyclic) bond motifs is 1. The first-order valence-electron chi connectivity index (χ1n) is 13.9. The Kier molecular flexibility index (Phi) is 10.2. The molecule has 6 heteroatoms. The molecule has 0 aliphatic carbocycles. The van der Waals surface area contributed by atoms with Crippen LogP contribution in [-0.4, -0.2) is 34.6 Å². The first-order valence-corrected chi connectivity index (χ1v) is 13.9. The number of hydrogen-bond donors (Lipinski definition) is 1. The molecule has 0 spiro atoms. The summed E-state index contributed by atoms with van der Waals surface area (Å²) < 4.78 is 13.9. The van der Waals surface area contributed by atoms with Crippen molar-refractivity contribution in [2.75, 3.05) is 13.2 Å². The number of aromatic nitrogens is 1. The number of ketones is 1. The fourth-order valence-electron chi connectivity index (χ4n) is 4.74. The Labute approximate surface area is 235 Å². The van der Waals surface area contributed by atoms with Crippen LogP contribution in [0.5, 0.6) is 11.5 Å². The number of aryl methyl sites for hydroxylation is 1. The van der Waals surface area contributed by atoms with Crippen LogP contribution in [0.1, 0.15) is 66.6 Å². The van der Waals surface area contributed by atoms with Gasteiger partial charge in [0.1, 0.15) is 11.5 Å². The van der Waals surface area contributed by atoms with Gasteiger partial charge in [0.15, 0.2) is 5.78 Å². The Balaban J connectivity index is 1.32. The largest absolute Gasteiger partial charge is 0.494 e. The highest BCUT2D eigenvalue weighted by Crippen LogP contribution is 2.28. The van der Waals surface area contributed by atoms with Gasteiger partial charge in [-0.15, -0.1) is 0 Å². The molecule has 1 heterocycles. The Morgan fingerprint density at radius 2 is 1.62 bits per heavy atom. The number of carboxylic acids is 1. The fraction of sp³-hybridized carbons (Fsp3) is 0.294. The highest BCUT2D eigenvalue weighted by Gasteiger charge is 2.14. The molecule has 0 atom stereocenters. The third kappa shape index (κ3) is 7.63. The average Bonchev–Trinajstić information content (AvgIpc) is 3.30. The summed E-state index contributed by atoms with van der Waals surface area (Å²) in [5.74, 6) is 0.607. The maximum atomic E-state index is 11.7. The zero-order valence-corrected chi connectivity index (χ0v) is 23.3. The molecule has 40 heavy (non-hydrogen) atoms. The maximum absolute atomic E-state index is 11.7. The Hall–Kier alpha value is -4.32. The predicted octanol–water partition coefficient (Wildman–Crippen LogP) is 7.68. The number of carbonyl (C=O) groups is 2. The minimum atomic E-state index is -0.824. The first-order chi connectivity index (χ1) is 19.5. The summed E-state index contributed by atoms with van der Waals surface area (Å²) >= 11 is 0. The summed E-state index contributed by atoms with van der Waals surface area (Å²) in [4.78, 5) is 23.2. The molecule has 0 unspecified atom stereocenters. The molecule has 0 radical (unpaired) electrons. The van der Waals surface area contributed by atoms with Gasteiger partial charge in [-0.25, -0.2) is 0 Å². The third-order valence-electron chi connectivity index (χ3n) is 6.78. The number of para-hydroxylation sites is 1. The minimum absolute atomic E-state index is 0.00118. The van der Waals surface area contributed by atoms with E-state index in [-0.39, 0.29) is 12.2 Å². The van der Waals surface area contributed by atoms with Gasteiger partial charge in [0.25, 0.3) is 0 Å². The number of nitrogens with zero attached hydrogens (tertiary/aromatic N) is 1. The number of carboxylic acid groups (broad SMARTS) is 1. The second-order valence-corrected chi connectivity index (χ2v) is 9.87. The number of unbranched alkanes of at least 4 members (excludes halogenated alkanes) is 2. The maximum Gasteiger partial charge on any atom is 0.307 e. The van der Waals surface area contributed by atoms with E-state index in [9.17, 15) is 14.7 Å². The van der Waals surface area contributed by atoms with Gasteiger partial charge < -0.3 is 19.1 Å². The van der Waals surface area contributed by atoms with E-state index in [1.165, 1.54) is 0 Å². The Morgan fingerprint density at radius 3 is 2.35 bits per heavy atom. The summed E-state index contributed by atoms with van der Waals surface area (Å²) in [6.45, 7) is 5.68. The first kappa shape index (κ1) is 28.7. The van der Waals surface area contributed by atoms with E-state index in [2.05, 4.69) is 23.6 Å². The molecule has 4 rings (SSSR count). The van der Waals surface area contributed by atoms with Crippen LogP contribution in [-0.2, 0) is 17.8 Å². The molecule has 1 aromatic heterocycles. The van der Waals surface area contributed by atoms with Crippen molar-refractivity contribution in [1.29, 1.82) is 0 Å². The van der Waals surface area contributed by atoms with Gasteiger partial charge >= 0.3 is 5.97 Å². The molecule has 0 aliphatic rings. The number of ether oxygens (including phenoxy) is 2. The van der Waals surface area contributed by atoms with E-state index < -0.39 is 5.97 Å². The van der Waals surface area contributed by atoms with E-state index in [0.717, 1.165) is 65.6 Å². The molecule has 4 aromatic rings. The van der Waals surface area contributed by atoms with E-state index in [4.69, 9.17) is 9.47 Å².